The van der Waals surface area contributed by atoms with E-state index in [0.717, 1.165) is 45.5 Å². The highest BCUT2D eigenvalue weighted by molar-refractivity contribution is 7.92. The quantitative estimate of drug-likeness (QED) is 0.651. The Morgan fingerprint density at radius 2 is 2.07 bits per heavy atom. The van der Waals surface area contributed by atoms with E-state index in [1.165, 1.54) is 15.6 Å². The molecule has 1 aliphatic heterocycles. The van der Waals surface area contributed by atoms with Gasteiger partial charge in [0.25, 0.3) is 0 Å². The number of nitrogens with zero attached hydrogens (tertiary/aromatic N) is 2. The summed E-state index contributed by atoms with van der Waals surface area (Å²) in [6.45, 7) is 2.18. The van der Waals surface area contributed by atoms with Crippen molar-refractivity contribution in [1.29, 1.82) is 0 Å². The second-order valence-electron chi connectivity index (χ2n) is 6.43. The summed E-state index contributed by atoms with van der Waals surface area (Å²) < 4.78 is 31.4. The normalized spacial score (nSPS) is 13.4. The van der Waals surface area contributed by atoms with Crippen molar-refractivity contribution >= 4 is 37.9 Å². The van der Waals surface area contributed by atoms with E-state index in [1.54, 1.807) is 14.0 Å². The fourth-order valence-electron chi connectivity index (χ4n) is 3.30. The Bertz CT molecular complexity index is 1110. The van der Waals surface area contributed by atoms with E-state index in [9.17, 15) is 8.42 Å². The van der Waals surface area contributed by atoms with Gasteiger partial charge in [0.05, 0.1) is 29.9 Å². The average Bonchev–Trinajstić information content (AvgIpc) is 3.35. The molecule has 3 aromatic rings. The predicted octanol–water partition coefficient (Wildman–Crippen LogP) is 4.27. The first-order chi connectivity index (χ1) is 13.5. The molecule has 2 heterocycles. The molecule has 1 aliphatic rings. The third kappa shape index (κ3) is 3.45. The Labute approximate surface area is 168 Å². The third-order valence-corrected chi connectivity index (χ3v) is 7.32. The van der Waals surface area contributed by atoms with Gasteiger partial charge in [0.1, 0.15) is 5.75 Å². The SMILES string of the molecule is CCS(=O)(=O)N1CCc2cc(-c3csc(Nc4ccccc4OC)n3)ccc21. The topological polar surface area (TPSA) is 71.5 Å². The van der Waals surface area contributed by atoms with Gasteiger partial charge in [-0.2, -0.15) is 0 Å². The number of anilines is 3. The Kier molecular flexibility index (Phi) is 4.99. The molecular weight excluding hydrogens is 394 g/mol. The number of thiazole rings is 1. The molecule has 0 amide bonds. The molecule has 0 saturated heterocycles. The molecule has 8 heteroatoms. The number of hydrogen-bond donors (Lipinski definition) is 1. The molecule has 1 N–H and O–H groups in total. The predicted molar refractivity (Wildman–Crippen MR) is 114 cm³/mol. The first-order valence-corrected chi connectivity index (χ1v) is 11.5. The number of aromatic nitrogens is 1. The molecule has 28 heavy (non-hydrogen) atoms. The van der Waals surface area contributed by atoms with Crippen LogP contribution in [0.3, 0.4) is 0 Å². The number of nitrogens with one attached hydrogen (secondary N) is 1. The maximum absolute atomic E-state index is 12.2. The average molecular weight is 416 g/mol. The van der Waals surface area contributed by atoms with Crippen molar-refractivity contribution in [2.45, 2.75) is 13.3 Å². The van der Waals surface area contributed by atoms with Crippen molar-refractivity contribution in [3.63, 3.8) is 0 Å². The van der Waals surface area contributed by atoms with Crippen molar-refractivity contribution in [2.75, 3.05) is 29.0 Å². The Hall–Kier alpha value is -2.58. The van der Waals surface area contributed by atoms with Crippen molar-refractivity contribution in [2.24, 2.45) is 0 Å². The van der Waals surface area contributed by atoms with Crippen LogP contribution in [0.25, 0.3) is 11.3 Å². The third-order valence-electron chi connectivity index (χ3n) is 4.78. The highest BCUT2D eigenvalue weighted by Gasteiger charge is 2.28. The van der Waals surface area contributed by atoms with Gasteiger partial charge in [-0.3, -0.25) is 4.31 Å². The summed E-state index contributed by atoms with van der Waals surface area (Å²) in [6.07, 6.45) is 0.721. The zero-order valence-electron chi connectivity index (χ0n) is 15.7. The van der Waals surface area contributed by atoms with Crippen LogP contribution in [0.4, 0.5) is 16.5 Å². The van der Waals surface area contributed by atoms with Gasteiger partial charge in [0.2, 0.25) is 10.0 Å². The summed E-state index contributed by atoms with van der Waals surface area (Å²) in [5.41, 5.74) is 4.54. The van der Waals surface area contributed by atoms with E-state index in [-0.39, 0.29) is 5.75 Å². The number of ether oxygens (including phenoxy) is 1. The lowest BCUT2D eigenvalue weighted by atomic mass is 10.1. The lowest BCUT2D eigenvalue weighted by Gasteiger charge is -2.18. The van der Waals surface area contributed by atoms with Gasteiger partial charge in [-0.1, -0.05) is 18.2 Å². The molecule has 1 aromatic heterocycles. The molecular formula is C20H21N3O3S2. The van der Waals surface area contributed by atoms with Crippen LogP contribution in [0.1, 0.15) is 12.5 Å². The maximum atomic E-state index is 12.2. The molecule has 0 bridgehead atoms. The van der Waals surface area contributed by atoms with Crippen LogP contribution in [0.2, 0.25) is 0 Å². The van der Waals surface area contributed by atoms with Crippen LogP contribution in [0.5, 0.6) is 5.75 Å². The van der Waals surface area contributed by atoms with Crippen molar-refractivity contribution in [3.8, 4) is 17.0 Å². The highest BCUT2D eigenvalue weighted by Crippen LogP contribution is 2.36. The first kappa shape index (κ1) is 18.8. The molecule has 0 spiro atoms. The lowest BCUT2D eigenvalue weighted by molar-refractivity contribution is 0.417. The number of sulfonamides is 1. The number of methoxy groups -OCH3 is 1. The Morgan fingerprint density at radius 3 is 2.86 bits per heavy atom. The molecule has 146 valence electrons. The van der Waals surface area contributed by atoms with Crippen LogP contribution in [-0.2, 0) is 16.4 Å². The van der Waals surface area contributed by atoms with Crippen LogP contribution in [-0.4, -0.2) is 32.8 Å². The van der Waals surface area contributed by atoms with Gasteiger partial charge in [0.15, 0.2) is 5.13 Å². The molecule has 0 radical (unpaired) electrons. The molecule has 0 aliphatic carbocycles. The van der Waals surface area contributed by atoms with Gasteiger partial charge in [-0.05, 0) is 43.2 Å². The minimum atomic E-state index is -3.23. The summed E-state index contributed by atoms with van der Waals surface area (Å²) in [5.74, 6) is 0.868. The molecule has 0 unspecified atom stereocenters. The highest BCUT2D eigenvalue weighted by atomic mass is 32.2. The molecule has 0 atom stereocenters. The van der Waals surface area contributed by atoms with Crippen LogP contribution in [0.15, 0.2) is 47.8 Å². The van der Waals surface area contributed by atoms with Crippen LogP contribution >= 0.6 is 11.3 Å². The maximum Gasteiger partial charge on any atom is 0.234 e. The standard InChI is InChI=1S/C20H21N3O3S2/c1-3-28(24,25)23-11-10-15-12-14(8-9-18(15)23)17-13-27-20(22-17)21-16-6-4-5-7-19(16)26-2/h4-9,12-13H,3,10-11H2,1-2H3,(H,21,22). The van der Waals surface area contributed by atoms with Gasteiger partial charge in [-0.25, -0.2) is 13.4 Å². The van der Waals surface area contributed by atoms with E-state index < -0.39 is 10.0 Å². The molecule has 0 saturated carbocycles. The van der Waals surface area contributed by atoms with E-state index in [1.807, 2.05) is 47.8 Å². The monoisotopic (exact) mass is 415 g/mol. The summed E-state index contributed by atoms with van der Waals surface area (Å²) >= 11 is 1.52. The molecule has 2 aromatic carbocycles. The summed E-state index contributed by atoms with van der Waals surface area (Å²) in [4.78, 5) is 4.68. The fourth-order valence-corrected chi connectivity index (χ4v) is 5.19. The second-order valence-corrected chi connectivity index (χ2v) is 9.47. The summed E-state index contributed by atoms with van der Waals surface area (Å²) in [7, 11) is -1.59. The van der Waals surface area contributed by atoms with Gasteiger partial charge in [-0.15, -0.1) is 11.3 Å². The van der Waals surface area contributed by atoms with Crippen molar-refractivity contribution in [3.05, 3.63) is 53.4 Å². The van der Waals surface area contributed by atoms with E-state index in [4.69, 9.17) is 4.74 Å². The molecule has 4 rings (SSSR count). The smallest absolute Gasteiger partial charge is 0.234 e. The van der Waals surface area contributed by atoms with E-state index in [0.29, 0.717) is 6.54 Å². The van der Waals surface area contributed by atoms with E-state index >= 15 is 0 Å². The number of fused-ring (bicyclic) bond motifs is 1. The van der Waals surface area contributed by atoms with Crippen LogP contribution in [0, 0.1) is 0 Å². The van der Waals surface area contributed by atoms with Gasteiger partial charge < -0.3 is 10.1 Å². The minimum Gasteiger partial charge on any atom is -0.495 e. The number of rotatable bonds is 6. The van der Waals surface area contributed by atoms with E-state index in [2.05, 4.69) is 10.3 Å². The number of para-hydroxylation sites is 2. The minimum absolute atomic E-state index is 0.109. The molecule has 0 fully saturated rings. The number of benzene rings is 2. The Morgan fingerprint density at radius 1 is 1.25 bits per heavy atom. The summed E-state index contributed by atoms with van der Waals surface area (Å²) in [6, 6.07) is 13.6. The molecule has 6 nitrogen and oxygen atoms in total. The van der Waals surface area contributed by atoms with Crippen molar-refractivity contribution < 1.29 is 13.2 Å². The second kappa shape index (κ2) is 7.44. The fraction of sp³-hybridized carbons (Fsp3) is 0.250. The summed E-state index contributed by atoms with van der Waals surface area (Å²) in [5, 5.41) is 6.06. The number of hydrogen-bond acceptors (Lipinski definition) is 6. The van der Waals surface area contributed by atoms with Crippen LogP contribution < -0.4 is 14.4 Å². The largest absolute Gasteiger partial charge is 0.495 e. The zero-order valence-corrected chi connectivity index (χ0v) is 17.3. The van der Waals surface area contributed by atoms with Gasteiger partial charge in [0, 0.05) is 17.5 Å². The zero-order chi connectivity index (χ0) is 19.7. The van der Waals surface area contributed by atoms with Crippen molar-refractivity contribution in [1.82, 2.24) is 4.98 Å². The van der Waals surface area contributed by atoms with Gasteiger partial charge >= 0.3 is 0 Å². The lowest BCUT2D eigenvalue weighted by Crippen LogP contribution is -2.30. The first-order valence-electron chi connectivity index (χ1n) is 9.01. The Balaban J connectivity index is 1.58.